The second-order valence-corrected chi connectivity index (χ2v) is 5.83. The Balaban J connectivity index is 1.64. The van der Waals surface area contributed by atoms with Crippen LogP contribution in [0.4, 0.5) is 0 Å². The van der Waals surface area contributed by atoms with Gasteiger partial charge in [0.2, 0.25) is 0 Å². The van der Waals surface area contributed by atoms with E-state index in [9.17, 15) is 0 Å². The van der Waals surface area contributed by atoms with Gasteiger partial charge < -0.3 is 5.32 Å². The van der Waals surface area contributed by atoms with Crippen molar-refractivity contribution in [1.82, 2.24) is 20.0 Å². The van der Waals surface area contributed by atoms with Crippen LogP contribution < -0.4 is 5.32 Å². The molecule has 2 heterocycles. The molecule has 2 fully saturated rings. The standard InChI is InChI=1S/C14H24N4/c1-11-12(8-16-17(11)2)9-18(14-5-6-14)10-13-4-3-7-15-13/h8,13-15H,3-7,9-10H2,1-2H3/t13-/m1/s1. The van der Waals surface area contributed by atoms with Gasteiger partial charge in [0, 0.05) is 43.5 Å². The van der Waals surface area contributed by atoms with Crippen LogP contribution in [0.3, 0.4) is 0 Å². The Morgan fingerprint density at radius 2 is 2.28 bits per heavy atom. The van der Waals surface area contributed by atoms with Gasteiger partial charge in [-0.25, -0.2) is 0 Å². The summed E-state index contributed by atoms with van der Waals surface area (Å²) in [6.07, 6.45) is 7.48. The van der Waals surface area contributed by atoms with Crippen LogP contribution >= 0.6 is 0 Å². The molecule has 1 aliphatic heterocycles. The molecule has 100 valence electrons. The fourth-order valence-electron chi connectivity index (χ4n) is 2.90. The molecule has 1 atom stereocenters. The lowest BCUT2D eigenvalue weighted by Crippen LogP contribution is -2.38. The first-order chi connectivity index (χ1) is 8.74. The largest absolute Gasteiger partial charge is 0.313 e. The molecule has 18 heavy (non-hydrogen) atoms. The Labute approximate surface area is 109 Å². The number of aromatic nitrogens is 2. The van der Waals surface area contributed by atoms with Crippen LogP contribution in [0, 0.1) is 6.92 Å². The number of hydrogen-bond donors (Lipinski definition) is 1. The highest BCUT2D eigenvalue weighted by Gasteiger charge is 2.31. The Kier molecular flexibility index (Phi) is 3.39. The molecule has 4 nitrogen and oxygen atoms in total. The van der Waals surface area contributed by atoms with Gasteiger partial charge in [0.1, 0.15) is 0 Å². The number of hydrogen-bond acceptors (Lipinski definition) is 3. The number of aryl methyl sites for hydroxylation is 1. The summed E-state index contributed by atoms with van der Waals surface area (Å²) >= 11 is 0. The topological polar surface area (TPSA) is 33.1 Å². The number of nitrogens with one attached hydrogen (secondary N) is 1. The molecule has 2 aliphatic rings. The van der Waals surface area contributed by atoms with Crippen molar-refractivity contribution >= 4 is 0 Å². The number of rotatable bonds is 5. The number of nitrogens with zero attached hydrogens (tertiary/aromatic N) is 3. The summed E-state index contributed by atoms with van der Waals surface area (Å²) in [5.74, 6) is 0. The van der Waals surface area contributed by atoms with Crippen molar-refractivity contribution in [3.05, 3.63) is 17.5 Å². The maximum Gasteiger partial charge on any atom is 0.0537 e. The van der Waals surface area contributed by atoms with Crippen LogP contribution in [0.1, 0.15) is 36.9 Å². The zero-order valence-electron chi connectivity index (χ0n) is 11.5. The molecular weight excluding hydrogens is 224 g/mol. The average molecular weight is 248 g/mol. The minimum absolute atomic E-state index is 0.711. The lowest BCUT2D eigenvalue weighted by Gasteiger charge is -2.25. The lowest BCUT2D eigenvalue weighted by atomic mass is 10.2. The lowest BCUT2D eigenvalue weighted by molar-refractivity contribution is 0.230. The second-order valence-electron chi connectivity index (χ2n) is 5.83. The summed E-state index contributed by atoms with van der Waals surface area (Å²) < 4.78 is 1.98. The smallest absolute Gasteiger partial charge is 0.0537 e. The van der Waals surface area contributed by atoms with Gasteiger partial charge in [-0.05, 0) is 39.2 Å². The summed E-state index contributed by atoms with van der Waals surface area (Å²) in [5.41, 5.74) is 2.70. The van der Waals surface area contributed by atoms with Gasteiger partial charge in [0.15, 0.2) is 0 Å². The predicted molar refractivity (Wildman–Crippen MR) is 72.4 cm³/mol. The van der Waals surface area contributed by atoms with E-state index in [1.165, 1.54) is 50.0 Å². The molecule has 4 heteroatoms. The Morgan fingerprint density at radius 3 is 2.83 bits per heavy atom. The Morgan fingerprint density at radius 1 is 1.44 bits per heavy atom. The van der Waals surface area contributed by atoms with Crippen LogP contribution in [0.25, 0.3) is 0 Å². The monoisotopic (exact) mass is 248 g/mol. The minimum atomic E-state index is 0.711. The highest BCUT2D eigenvalue weighted by atomic mass is 15.3. The van der Waals surface area contributed by atoms with E-state index in [1.54, 1.807) is 0 Å². The van der Waals surface area contributed by atoms with Gasteiger partial charge in [-0.3, -0.25) is 9.58 Å². The van der Waals surface area contributed by atoms with E-state index in [2.05, 4.69) is 22.2 Å². The van der Waals surface area contributed by atoms with Gasteiger partial charge in [-0.15, -0.1) is 0 Å². The average Bonchev–Trinajstić information content (AvgIpc) is 3.01. The molecule has 1 aliphatic carbocycles. The molecule has 0 aromatic carbocycles. The third-order valence-corrected chi connectivity index (χ3v) is 4.39. The molecule has 0 bridgehead atoms. The summed E-state index contributed by atoms with van der Waals surface area (Å²) in [6.45, 7) is 5.65. The summed E-state index contributed by atoms with van der Waals surface area (Å²) in [4.78, 5) is 2.66. The van der Waals surface area contributed by atoms with Gasteiger partial charge in [0.25, 0.3) is 0 Å². The molecule has 3 rings (SSSR count). The van der Waals surface area contributed by atoms with Crippen LogP contribution in [-0.2, 0) is 13.6 Å². The summed E-state index contributed by atoms with van der Waals surface area (Å²) in [6, 6.07) is 1.54. The third-order valence-electron chi connectivity index (χ3n) is 4.39. The molecule has 1 N–H and O–H groups in total. The molecule has 1 aromatic heterocycles. The van der Waals surface area contributed by atoms with Crippen LogP contribution in [0.2, 0.25) is 0 Å². The second kappa shape index (κ2) is 5.02. The zero-order chi connectivity index (χ0) is 12.5. The van der Waals surface area contributed by atoms with Crippen molar-refractivity contribution in [2.24, 2.45) is 7.05 Å². The molecule has 0 amide bonds. The van der Waals surface area contributed by atoms with Crippen LogP contribution in [-0.4, -0.2) is 39.9 Å². The molecule has 1 aromatic rings. The maximum atomic E-state index is 4.36. The minimum Gasteiger partial charge on any atom is -0.313 e. The van der Waals surface area contributed by atoms with Crippen molar-refractivity contribution < 1.29 is 0 Å². The van der Waals surface area contributed by atoms with E-state index < -0.39 is 0 Å². The summed E-state index contributed by atoms with van der Waals surface area (Å²) in [5, 5.41) is 7.97. The Hall–Kier alpha value is -0.870. The SMILES string of the molecule is Cc1c(CN(C[C@H]2CCCN2)C2CC2)cnn1C. The molecule has 0 radical (unpaired) electrons. The van der Waals surface area contributed by atoms with E-state index in [4.69, 9.17) is 0 Å². The first-order valence-electron chi connectivity index (χ1n) is 7.19. The van der Waals surface area contributed by atoms with Gasteiger partial charge in [0.05, 0.1) is 6.20 Å². The summed E-state index contributed by atoms with van der Waals surface area (Å²) in [7, 11) is 2.03. The van der Waals surface area contributed by atoms with E-state index >= 15 is 0 Å². The van der Waals surface area contributed by atoms with E-state index in [0.717, 1.165) is 12.6 Å². The maximum absolute atomic E-state index is 4.36. The first kappa shape index (κ1) is 12.2. The highest BCUT2D eigenvalue weighted by Crippen LogP contribution is 2.29. The van der Waals surface area contributed by atoms with Crippen LogP contribution in [0.5, 0.6) is 0 Å². The van der Waals surface area contributed by atoms with E-state index in [0.29, 0.717) is 6.04 Å². The molecule has 1 saturated heterocycles. The third kappa shape index (κ3) is 2.59. The Bertz CT molecular complexity index is 402. The fraction of sp³-hybridized carbons (Fsp3) is 0.786. The predicted octanol–water partition coefficient (Wildman–Crippen LogP) is 1.44. The van der Waals surface area contributed by atoms with E-state index in [1.807, 2.05) is 17.9 Å². The molecule has 0 spiro atoms. The fourth-order valence-corrected chi connectivity index (χ4v) is 2.90. The quantitative estimate of drug-likeness (QED) is 0.856. The highest BCUT2D eigenvalue weighted by molar-refractivity contribution is 5.16. The van der Waals surface area contributed by atoms with Crippen molar-refractivity contribution in [3.63, 3.8) is 0 Å². The van der Waals surface area contributed by atoms with Gasteiger partial charge >= 0.3 is 0 Å². The van der Waals surface area contributed by atoms with Crippen molar-refractivity contribution in [2.45, 2.75) is 51.2 Å². The zero-order valence-corrected chi connectivity index (χ0v) is 11.5. The van der Waals surface area contributed by atoms with Gasteiger partial charge in [-0.2, -0.15) is 5.10 Å². The van der Waals surface area contributed by atoms with Crippen molar-refractivity contribution in [2.75, 3.05) is 13.1 Å². The molecular formula is C14H24N4. The first-order valence-corrected chi connectivity index (χ1v) is 7.19. The normalized spacial score (nSPS) is 24.1. The van der Waals surface area contributed by atoms with Gasteiger partial charge in [-0.1, -0.05) is 0 Å². The van der Waals surface area contributed by atoms with Crippen LogP contribution in [0.15, 0.2) is 6.20 Å². The van der Waals surface area contributed by atoms with Crippen molar-refractivity contribution in [3.8, 4) is 0 Å². The molecule has 0 unspecified atom stereocenters. The molecule has 1 saturated carbocycles. The van der Waals surface area contributed by atoms with Crippen molar-refractivity contribution in [1.29, 1.82) is 0 Å². The van der Waals surface area contributed by atoms with E-state index in [-0.39, 0.29) is 0 Å².